The second-order valence-electron chi connectivity index (χ2n) is 1.86. The smallest absolute Gasteiger partial charge is 0.306 e. The fourth-order valence-corrected chi connectivity index (χ4v) is 0.678. The first kappa shape index (κ1) is 6.17. The summed E-state index contributed by atoms with van der Waals surface area (Å²) in [5.41, 5.74) is 6.91. The van der Waals surface area contributed by atoms with Gasteiger partial charge in [0, 0.05) is 5.69 Å². The van der Waals surface area contributed by atoms with Crippen molar-refractivity contribution in [2.75, 3.05) is 5.73 Å². The van der Waals surface area contributed by atoms with Crippen molar-refractivity contribution in [2.45, 2.75) is 0 Å². The lowest BCUT2D eigenvalue weighted by Gasteiger charge is -1.96. The SMILES string of the molecule is Nc1ccccc1BO. The lowest BCUT2D eigenvalue weighted by atomic mass is 9.87. The van der Waals surface area contributed by atoms with Crippen molar-refractivity contribution >= 4 is 18.6 Å². The van der Waals surface area contributed by atoms with Crippen molar-refractivity contribution in [1.82, 2.24) is 0 Å². The monoisotopic (exact) mass is 121 g/mol. The predicted molar refractivity (Wildman–Crippen MR) is 39.9 cm³/mol. The zero-order valence-electron chi connectivity index (χ0n) is 5.04. The van der Waals surface area contributed by atoms with E-state index in [-0.39, 0.29) is 7.48 Å². The van der Waals surface area contributed by atoms with Gasteiger partial charge in [-0.15, -0.1) is 0 Å². The zero-order valence-corrected chi connectivity index (χ0v) is 5.04. The first-order chi connectivity index (χ1) is 4.34. The Balaban J connectivity index is 3.01. The molecule has 0 unspecified atom stereocenters. The van der Waals surface area contributed by atoms with E-state index < -0.39 is 0 Å². The van der Waals surface area contributed by atoms with Gasteiger partial charge in [-0.25, -0.2) is 0 Å². The number of anilines is 1. The van der Waals surface area contributed by atoms with E-state index in [1.807, 2.05) is 12.1 Å². The highest BCUT2D eigenvalue weighted by Gasteiger charge is 1.94. The van der Waals surface area contributed by atoms with Crippen molar-refractivity contribution in [3.05, 3.63) is 24.3 Å². The van der Waals surface area contributed by atoms with Crippen molar-refractivity contribution in [3.63, 3.8) is 0 Å². The van der Waals surface area contributed by atoms with Crippen LogP contribution in [-0.2, 0) is 0 Å². The molecule has 0 radical (unpaired) electrons. The molecule has 0 aliphatic carbocycles. The van der Waals surface area contributed by atoms with Gasteiger partial charge in [-0.05, 0) is 11.5 Å². The van der Waals surface area contributed by atoms with Gasteiger partial charge < -0.3 is 10.8 Å². The fourth-order valence-electron chi connectivity index (χ4n) is 0.678. The first-order valence-electron chi connectivity index (χ1n) is 2.79. The Morgan fingerprint density at radius 1 is 1.33 bits per heavy atom. The summed E-state index contributed by atoms with van der Waals surface area (Å²) in [7, 11) is 0.0205. The maximum absolute atomic E-state index is 8.64. The zero-order chi connectivity index (χ0) is 6.69. The highest BCUT2D eigenvalue weighted by molar-refractivity contribution is 6.47. The van der Waals surface area contributed by atoms with Crippen LogP contribution in [0.5, 0.6) is 0 Å². The third kappa shape index (κ3) is 1.24. The van der Waals surface area contributed by atoms with Gasteiger partial charge in [0.1, 0.15) is 0 Å². The van der Waals surface area contributed by atoms with Crippen LogP contribution in [0, 0.1) is 0 Å². The number of hydrogen-bond donors (Lipinski definition) is 2. The Kier molecular flexibility index (Phi) is 1.75. The van der Waals surface area contributed by atoms with Crippen LogP contribution in [0.25, 0.3) is 0 Å². The average Bonchev–Trinajstić information content (AvgIpc) is 1.89. The summed E-state index contributed by atoms with van der Waals surface area (Å²) in [6, 6.07) is 7.26. The summed E-state index contributed by atoms with van der Waals surface area (Å²) >= 11 is 0. The molecule has 3 heteroatoms. The molecule has 0 fully saturated rings. The number of para-hydroxylation sites is 1. The number of nitrogen functional groups attached to an aromatic ring is 1. The highest BCUT2D eigenvalue weighted by atomic mass is 16.2. The van der Waals surface area contributed by atoms with Gasteiger partial charge in [0.25, 0.3) is 0 Å². The molecular weight excluding hydrogens is 113 g/mol. The Hall–Kier alpha value is -0.955. The molecule has 0 saturated heterocycles. The maximum Gasteiger partial charge on any atom is 0.306 e. The summed E-state index contributed by atoms with van der Waals surface area (Å²) in [6.45, 7) is 0. The van der Waals surface area contributed by atoms with E-state index in [2.05, 4.69) is 0 Å². The van der Waals surface area contributed by atoms with E-state index in [1.165, 1.54) is 0 Å². The van der Waals surface area contributed by atoms with Crippen LogP contribution in [0.15, 0.2) is 24.3 Å². The van der Waals surface area contributed by atoms with Gasteiger partial charge in [-0.3, -0.25) is 0 Å². The van der Waals surface area contributed by atoms with Gasteiger partial charge in [0.15, 0.2) is 0 Å². The molecular formula is C6H8BNO. The van der Waals surface area contributed by atoms with Crippen LogP contribution < -0.4 is 11.2 Å². The number of hydrogen-bond acceptors (Lipinski definition) is 2. The summed E-state index contributed by atoms with van der Waals surface area (Å²) in [5.74, 6) is 0. The van der Waals surface area contributed by atoms with E-state index in [1.54, 1.807) is 12.1 Å². The minimum atomic E-state index is 0.0205. The molecule has 1 aromatic rings. The molecule has 9 heavy (non-hydrogen) atoms. The molecule has 0 amide bonds. The molecule has 0 spiro atoms. The number of rotatable bonds is 1. The number of benzene rings is 1. The largest absolute Gasteiger partial charge is 0.449 e. The van der Waals surface area contributed by atoms with E-state index in [4.69, 9.17) is 10.8 Å². The van der Waals surface area contributed by atoms with Gasteiger partial charge in [0.2, 0.25) is 0 Å². The summed E-state index contributed by atoms with van der Waals surface area (Å²) in [5, 5.41) is 8.64. The summed E-state index contributed by atoms with van der Waals surface area (Å²) in [4.78, 5) is 0. The van der Waals surface area contributed by atoms with Gasteiger partial charge in [-0.1, -0.05) is 18.2 Å². The van der Waals surface area contributed by atoms with E-state index in [9.17, 15) is 0 Å². The third-order valence-electron chi connectivity index (χ3n) is 1.23. The second kappa shape index (κ2) is 2.55. The Bertz CT molecular complexity index is 202. The lowest BCUT2D eigenvalue weighted by molar-refractivity contribution is 0.615. The second-order valence-corrected chi connectivity index (χ2v) is 1.86. The molecule has 46 valence electrons. The molecule has 0 heterocycles. The molecule has 1 aromatic carbocycles. The van der Waals surface area contributed by atoms with Crippen molar-refractivity contribution in [1.29, 1.82) is 0 Å². The first-order valence-corrected chi connectivity index (χ1v) is 2.79. The van der Waals surface area contributed by atoms with Gasteiger partial charge in [-0.2, -0.15) is 0 Å². The minimum Gasteiger partial charge on any atom is -0.449 e. The Morgan fingerprint density at radius 3 is 2.44 bits per heavy atom. The van der Waals surface area contributed by atoms with E-state index in [0.29, 0.717) is 5.69 Å². The highest BCUT2D eigenvalue weighted by Crippen LogP contribution is 1.93. The van der Waals surface area contributed by atoms with Crippen molar-refractivity contribution in [2.24, 2.45) is 0 Å². The lowest BCUT2D eigenvalue weighted by Crippen LogP contribution is -2.17. The fraction of sp³-hybridized carbons (Fsp3) is 0. The quantitative estimate of drug-likeness (QED) is 0.378. The van der Waals surface area contributed by atoms with Crippen molar-refractivity contribution < 1.29 is 5.02 Å². The standard InChI is InChI=1S/C6H8BNO/c8-6-4-2-1-3-5(6)7-9/h1-4,7,9H,8H2. The average molecular weight is 121 g/mol. The van der Waals surface area contributed by atoms with Crippen molar-refractivity contribution in [3.8, 4) is 0 Å². The Morgan fingerprint density at radius 2 is 2.00 bits per heavy atom. The molecule has 0 saturated carbocycles. The summed E-state index contributed by atoms with van der Waals surface area (Å²) < 4.78 is 0. The van der Waals surface area contributed by atoms with Gasteiger partial charge in [0.05, 0.1) is 0 Å². The van der Waals surface area contributed by atoms with Crippen LogP contribution >= 0.6 is 0 Å². The van der Waals surface area contributed by atoms with E-state index in [0.717, 1.165) is 5.46 Å². The molecule has 0 atom stereocenters. The molecule has 0 aliphatic rings. The Labute approximate surface area is 54.6 Å². The van der Waals surface area contributed by atoms with Crippen LogP contribution in [0.1, 0.15) is 0 Å². The molecule has 0 bridgehead atoms. The van der Waals surface area contributed by atoms with Crippen LogP contribution in [0.3, 0.4) is 0 Å². The summed E-state index contributed by atoms with van der Waals surface area (Å²) in [6.07, 6.45) is 0. The van der Waals surface area contributed by atoms with Crippen LogP contribution in [0.4, 0.5) is 5.69 Å². The van der Waals surface area contributed by atoms with E-state index >= 15 is 0 Å². The molecule has 2 nitrogen and oxygen atoms in total. The topological polar surface area (TPSA) is 46.2 Å². The van der Waals surface area contributed by atoms with Crippen LogP contribution in [0.2, 0.25) is 0 Å². The molecule has 0 aromatic heterocycles. The molecule has 3 N–H and O–H groups in total. The predicted octanol–water partition coefficient (Wildman–Crippen LogP) is -0.762. The molecule has 0 aliphatic heterocycles. The molecule has 1 rings (SSSR count). The van der Waals surface area contributed by atoms with Gasteiger partial charge >= 0.3 is 7.48 Å². The number of nitrogens with two attached hydrogens (primary N) is 1. The minimum absolute atomic E-state index is 0.0205. The third-order valence-corrected chi connectivity index (χ3v) is 1.23. The normalized spacial score (nSPS) is 9.00. The maximum atomic E-state index is 8.64. The van der Waals surface area contributed by atoms with Crippen LogP contribution in [-0.4, -0.2) is 12.5 Å².